The molecule has 1 aliphatic heterocycles. The van der Waals surface area contributed by atoms with Crippen LogP contribution in [0.2, 0.25) is 0 Å². The van der Waals surface area contributed by atoms with Gasteiger partial charge in [0, 0.05) is 6.20 Å². The zero-order chi connectivity index (χ0) is 14.2. The number of hydrogen-bond acceptors (Lipinski definition) is 3. The first-order valence-corrected chi connectivity index (χ1v) is 8.29. The highest BCUT2D eigenvalue weighted by Gasteiger charge is 2.40. The lowest BCUT2D eigenvalue weighted by molar-refractivity contribution is -0.0684. The maximum atomic E-state index is 12.2. The van der Waals surface area contributed by atoms with Crippen LogP contribution < -0.4 is 5.56 Å². The molecule has 1 aromatic rings. The minimum Gasteiger partial charge on any atom is -0.370 e. The van der Waals surface area contributed by atoms with E-state index < -0.39 is 0 Å². The molecule has 1 saturated heterocycles. The van der Waals surface area contributed by atoms with E-state index in [1.807, 2.05) is 6.92 Å². The van der Waals surface area contributed by atoms with Crippen molar-refractivity contribution in [1.82, 2.24) is 9.55 Å². The molecule has 1 aromatic heterocycles. The van der Waals surface area contributed by atoms with Crippen molar-refractivity contribution >= 4 is 15.9 Å². The second-order valence-corrected chi connectivity index (χ2v) is 6.95. The third kappa shape index (κ3) is 2.70. The summed E-state index contributed by atoms with van der Waals surface area (Å²) in [6.07, 6.45) is 10.2. The number of ether oxygens (including phenoxy) is 1. The van der Waals surface area contributed by atoms with E-state index in [1.54, 1.807) is 10.8 Å². The molecule has 2 fully saturated rings. The molecule has 1 spiro atoms. The van der Waals surface area contributed by atoms with Gasteiger partial charge in [-0.15, -0.1) is 0 Å². The average molecular weight is 341 g/mol. The fourth-order valence-corrected chi connectivity index (χ4v) is 3.87. The molecule has 5 heteroatoms. The predicted molar refractivity (Wildman–Crippen MR) is 80.9 cm³/mol. The van der Waals surface area contributed by atoms with E-state index in [4.69, 9.17) is 4.74 Å². The van der Waals surface area contributed by atoms with Gasteiger partial charge < -0.3 is 4.74 Å². The average Bonchev–Trinajstić information content (AvgIpc) is 2.83. The van der Waals surface area contributed by atoms with Gasteiger partial charge in [-0.25, -0.2) is 4.98 Å². The molecule has 0 bridgehead atoms. The molecule has 2 aliphatic rings. The van der Waals surface area contributed by atoms with Gasteiger partial charge in [-0.1, -0.05) is 19.3 Å². The van der Waals surface area contributed by atoms with Crippen LogP contribution in [0.1, 0.15) is 50.8 Å². The first-order valence-electron chi connectivity index (χ1n) is 7.49. The van der Waals surface area contributed by atoms with E-state index >= 15 is 0 Å². The minimum atomic E-state index is -0.00862. The van der Waals surface area contributed by atoms with Crippen LogP contribution >= 0.6 is 15.9 Å². The Kier molecular flexibility index (Phi) is 4.00. The van der Waals surface area contributed by atoms with E-state index in [-0.39, 0.29) is 17.3 Å². The number of aromatic nitrogens is 2. The summed E-state index contributed by atoms with van der Waals surface area (Å²) in [5.41, 5.74) is 0.102. The smallest absolute Gasteiger partial charge is 0.267 e. The number of aryl methyl sites for hydroxylation is 1. The van der Waals surface area contributed by atoms with Gasteiger partial charge >= 0.3 is 0 Å². The van der Waals surface area contributed by atoms with Crippen molar-refractivity contribution in [2.24, 2.45) is 0 Å². The molecule has 0 amide bonds. The highest BCUT2D eigenvalue weighted by Crippen LogP contribution is 2.42. The quantitative estimate of drug-likeness (QED) is 0.830. The van der Waals surface area contributed by atoms with Gasteiger partial charge in [0.25, 0.3) is 5.56 Å². The van der Waals surface area contributed by atoms with Crippen LogP contribution in [-0.2, 0) is 11.3 Å². The molecule has 4 nitrogen and oxygen atoms in total. The van der Waals surface area contributed by atoms with Crippen molar-refractivity contribution in [3.05, 3.63) is 26.8 Å². The molecule has 0 N–H and O–H groups in total. The van der Waals surface area contributed by atoms with Crippen LogP contribution in [0.4, 0.5) is 0 Å². The molecule has 1 atom stereocenters. The number of hydrogen-bond donors (Lipinski definition) is 0. The Morgan fingerprint density at radius 2 is 2.15 bits per heavy atom. The summed E-state index contributed by atoms with van der Waals surface area (Å²) >= 11 is 3.26. The SMILES string of the molecule is Cc1ncc(Br)c(=O)n1CC1CCC2(CCCCC2)O1. The molecule has 1 aliphatic carbocycles. The van der Waals surface area contributed by atoms with Gasteiger partial charge in [0.15, 0.2) is 0 Å². The van der Waals surface area contributed by atoms with E-state index in [9.17, 15) is 4.79 Å². The van der Waals surface area contributed by atoms with Gasteiger partial charge in [0.05, 0.1) is 18.2 Å². The molecule has 2 heterocycles. The van der Waals surface area contributed by atoms with Gasteiger partial charge in [-0.2, -0.15) is 0 Å². The van der Waals surface area contributed by atoms with Gasteiger partial charge in [-0.05, 0) is 48.5 Å². The lowest BCUT2D eigenvalue weighted by Gasteiger charge is -2.33. The fraction of sp³-hybridized carbons (Fsp3) is 0.733. The summed E-state index contributed by atoms with van der Waals surface area (Å²) in [5.74, 6) is 0.756. The molecule has 0 radical (unpaired) electrons. The monoisotopic (exact) mass is 340 g/mol. The first kappa shape index (κ1) is 14.3. The molecule has 110 valence electrons. The largest absolute Gasteiger partial charge is 0.370 e. The highest BCUT2D eigenvalue weighted by molar-refractivity contribution is 9.10. The van der Waals surface area contributed by atoms with Crippen molar-refractivity contribution in [1.29, 1.82) is 0 Å². The van der Waals surface area contributed by atoms with Crippen LogP contribution in [0.25, 0.3) is 0 Å². The normalized spacial score (nSPS) is 25.2. The molecule has 1 unspecified atom stereocenters. The highest BCUT2D eigenvalue weighted by atomic mass is 79.9. The molecule has 3 rings (SSSR count). The van der Waals surface area contributed by atoms with Crippen molar-refractivity contribution < 1.29 is 4.74 Å². The second-order valence-electron chi connectivity index (χ2n) is 6.09. The van der Waals surface area contributed by atoms with Gasteiger partial charge in [0.1, 0.15) is 10.3 Å². The summed E-state index contributed by atoms with van der Waals surface area (Å²) < 4.78 is 8.60. The van der Waals surface area contributed by atoms with Crippen molar-refractivity contribution in [2.45, 2.75) is 70.1 Å². The lowest BCUT2D eigenvalue weighted by atomic mass is 9.83. The third-order valence-electron chi connectivity index (χ3n) is 4.69. The Bertz CT molecular complexity index is 549. The minimum absolute atomic E-state index is 0.00862. The van der Waals surface area contributed by atoms with Gasteiger partial charge in [0.2, 0.25) is 0 Å². The summed E-state index contributed by atoms with van der Waals surface area (Å²) in [6, 6.07) is 0. The van der Waals surface area contributed by atoms with Crippen LogP contribution in [0, 0.1) is 6.92 Å². The predicted octanol–water partition coefficient (Wildman–Crippen LogP) is 3.20. The van der Waals surface area contributed by atoms with E-state index in [1.165, 1.54) is 32.1 Å². The van der Waals surface area contributed by atoms with Crippen molar-refractivity contribution in [3.63, 3.8) is 0 Å². The number of nitrogens with zero attached hydrogens (tertiary/aromatic N) is 2. The van der Waals surface area contributed by atoms with Crippen molar-refractivity contribution in [3.8, 4) is 0 Å². The summed E-state index contributed by atoms with van der Waals surface area (Å²) in [6.45, 7) is 2.50. The third-order valence-corrected chi connectivity index (χ3v) is 5.24. The molecule has 20 heavy (non-hydrogen) atoms. The molecular weight excluding hydrogens is 320 g/mol. The Labute approximate surface area is 127 Å². The summed E-state index contributed by atoms with van der Waals surface area (Å²) in [7, 11) is 0. The Morgan fingerprint density at radius 1 is 1.40 bits per heavy atom. The maximum Gasteiger partial charge on any atom is 0.267 e. The van der Waals surface area contributed by atoms with E-state index in [0.29, 0.717) is 11.0 Å². The molecule has 0 aromatic carbocycles. The Morgan fingerprint density at radius 3 is 2.90 bits per heavy atom. The summed E-state index contributed by atoms with van der Waals surface area (Å²) in [5, 5.41) is 0. The van der Waals surface area contributed by atoms with Gasteiger partial charge in [-0.3, -0.25) is 9.36 Å². The Hall–Kier alpha value is -0.680. The molecular formula is C15H21BrN2O2. The van der Waals surface area contributed by atoms with Crippen LogP contribution in [-0.4, -0.2) is 21.3 Å². The topological polar surface area (TPSA) is 44.1 Å². The Balaban J connectivity index is 1.74. The standard InChI is InChI=1S/C15H21BrN2O2/c1-11-17-9-13(16)14(19)18(11)10-12-5-8-15(20-12)6-3-2-4-7-15/h9,12H,2-8,10H2,1H3. The van der Waals surface area contributed by atoms with Crippen LogP contribution in [0.15, 0.2) is 15.5 Å². The summed E-state index contributed by atoms with van der Waals surface area (Å²) in [4.78, 5) is 16.4. The zero-order valence-corrected chi connectivity index (χ0v) is 13.5. The second kappa shape index (κ2) is 5.60. The zero-order valence-electron chi connectivity index (χ0n) is 11.9. The first-order chi connectivity index (χ1) is 9.60. The van der Waals surface area contributed by atoms with Crippen LogP contribution in [0.3, 0.4) is 0 Å². The van der Waals surface area contributed by atoms with E-state index in [2.05, 4.69) is 20.9 Å². The van der Waals surface area contributed by atoms with Crippen LogP contribution in [0.5, 0.6) is 0 Å². The lowest BCUT2D eigenvalue weighted by Crippen LogP contribution is -2.34. The number of rotatable bonds is 2. The van der Waals surface area contributed by atoms with Crippen molar-refractivity contribution in [2.75, 3.05) is 0 Å². The van der Waals surface area contributed by atoms with E-state index in [0.717, 1.165) is 18.7 Å². The fourth-order valence-electron chi connectivity index (χ4n) is 3.56. The molecule has 1 saturated carbocycles. The number of halogens is 1. The maximum absolute atomic E-state index is 12.2.